The molecule has 0 amide bonds. The van der Waals surface area contributed by atoms with E-state index in [1.165, 1.54) is 0 Å². The number of hydrogen-bond acceptors (Lipinski definition) is 6. The monoisotopic (exact) mass is 405 g/mol. The Kier molecular flexibility index (Phi) is 6.15. The fourth-order valence-electron chi connectivity index (χ4n) is 3.69. The van der Waals surface area contributed by atoms with E-state index in [0.717, 1.165) is 37.4 Å². The summed E-state index contributed by atoms with van der Waals surface area (Å²) in [4.78, 5) is 11.5. The molecule has 0 radical (unpaired) electrons. The number of piperidine rings is 1. The van der Waals surface area contributed by atoms with E-state index in [1.54, 1.807) is 6.20 Å². The van der Waals surface area contributed by atoms with Crippen LogP contribution in [-0.2, 0) is 7.05 Å². The molecule has 1 aliphatic rings. The van der Waals surface area contributed by atoms with Crippen molar-refractivity contribution in [3.05, 3.63) is 23.0 Å². The van der Waals surface area contributed by atoms with E-state index in [2.05, 4.69) is 58.3 Å². The first-order valence-electron chi connectivity index (χ1n) is 9.99. The van der Waals surface area contributed by atoms with Crippen molar-refractivity contribution in [2.45, 2.75) is 59.0 Å². The van der Waals surface area contributed by atoms with Crippen LogP contribution < -0.4 is 10.6 Å². The Morgan fingerprint density at radius 3 is 2.68 bits per heavy atom. The van der Waals surface area contributed by atoms with Crippen LogP contribution in [0.1, 0.15) is 46.2 Å². The van der Waals surface area contributed by atoms with E-state index in [0.29, 0.717) is 28.7 Å². The molecule has 8 heteroatoms. The summed E-state index contributed by atoms with van der Waals surface area (Å²) in [6.07, 6.45) is 3.82. The van der Waals surface area contributed by atoms with Crippen molar-refractivity contribution in [1.29, 1.82) is 0 Å². The second-order valence-corrected chi connectivity index (χ2v) is 9.04. The maximum Gasteiger partial charge on any atom is 0.230 e. The number of aromatic nitrogens is 4. The van der Waals surface area contributed by atoms with Gasteiger partial charge in [0.15, 0.2) is 11.6 Å². The molecule has 2 aromatic heterocycles. The highest BCUT2D eigenvalue weighted by Crippen LogP contribution is 2.30. The van der Waals surface area contributed by atoms with Crippen LogP contribution in [0.3, 0.4) is 0 Å². The molecule has 7 nitrogen and oxygen atoms in total. The van der Waals surface area contributed by atoms with Crippen LogP contribution in [-0.4, -0.2) is 49.3 Å². The van der Waals surface area contributed by atoms with Gasteiger partial charge in [-0.2, -0.15) is 10.1 Å². The molecule has 28 heavy (non-hydrogen) atoms. The van der Waals surface area contributed by atoms with Crippen molar-refractivity contribution in [3.8, 4) is 0 Å². The Labute approximate surface area is 172 Å². The number of anilines is 3. The highest BCUT2D eigenvalue weighted by atomic mass is 35.5. The van der Waals surface area contributed by atoms with Gasteiger partial charge in [0.25, 0.3) is 0 Å². The smallest absolute Gasteiger partial charge is 0.230 e. The number of halogens is 1. The third-order valence-electron chi connectivity index (χ3n) is 5.63. The van der Waals surface area contributed by atoms with Gasteiger partial charge in [-0.15, -0.1) is 0 Å². The normalized spacial score (nSPS) is 21.0. The molecule has 0 saturated carbocycles. The molecule has 1 saturated heterocycles. The summed E-state index contributed by atoms with van der Waals surface area (Å²) >= 11 is 6.39. The van der Waals surface area contributed by atoms with E-state index in [9.17, 15) is 0 Å². The lowest BCUT2D eigenvalue weighted by atomic mass is 9.87. The van der Waals surface area contributed by atoms with Crippen LogP contribution in [0.25, 0.3) is 0 Å². The summed E-state index contributed by atoms with van der Waals surface area (Å²) in [5.74, 6) is 2.44. The summed E-state index contributed by atoms with van der Waals surface area (Å²) in [6.45, 7) is 13.3. The third-order valence-corrected chi connectivity index (χ3v) is 5.90. The fourth-order valence-corrected chi connectivity index (χ4v) is 3.83. The van der Waals surface area contributed by atoms with E-state index in [-0.39, 0.29) is 5.54 Å². The van der Waals surface area contributed by atoms with Crippen LogP contribution in [0.4, 0.5) is 17.6 Å². The molecule has 0 aliphatic carbocycles. The molecule has 3 heterocycles. The van der Waals surface area contributed by atoms with Crippen molar-refractivity contribution in [1.82, 2.24) is 24.6 Å². The summed E-state index contributed by atoms with van der Waals surface area (Å²) in [6, 6.07) is 2.31. The molecule has 0 bridgehead atoms. The molecular formula is C20H32ClN7. The summed E-state index contributed by atoms with van der Waals surface area (Å²) in [5, 5.41) is 11.7. The largest absolute Gasteiger partial charge is 0.366 e. The Morgan fingerprint density at radius 1 is 1.32 bits per heavy atom. The number of nitrogens with one attached hydrogen (secondary N) is 2. The van der Waals surface area contributed by atoms with Crippen LogP contribution in [0.5, 0.6) is 0 Å². The van der Waals surface area contributed by atoms with Gasteiger partial charge in [-0.25, -0.2) is 4.98 Å². The van der Waals surface area contributed by atoms with E-state index >= 15 is 0 Å². The fraction of sp³-hybridized carbons (Fsp3) is 0.650. The van der Waals surface area contributed by atoms with Crippen molar-refractivity contribution in [2.24, 2.45) is 13.0 Å². The zero-order chi connectivity index (χ0) is 20.5. The first-order valence-corrected chi connectivity index (χ1v) is 10.4. The molecule has 0 aromatic carbocycles. The maximum absolute atomic E-state index is 6.39. The maximum atomic E-state index is 6.39. The molecule has 1 aliphatic heterocycles. The molecule has 1 fully saturated rings. The van der Waals surface area contributed by atoms with Gasteiger partial charge in [-0.05, 0) is 40.0 Å². The first-order chi connectivity index (χ1) is 13.2. The molecular weight excluding hydrogens is 374 g/mol. The lowest BCUT2D eigenvalue weighted by Crippen LogP contribution is -2.53. The summed E-state index contributed by atoms with van der Waals surface area (Å²) < 4.78 is 1.81. The minimum absolute atomic E-state index is 0.197. The van der Waals surface area contributed by atoms with Crippen molar-refractivity contribution in [3.63, 3.8) is 0 Å². The third kappa shape index (κ3) is 4.75. The number of rotatable bonds is 5. The molecule has 154 valence electrons. The van der Waals surface area contributed by atoms with Gasteiger partial charge >= 0.3 is 0 Å². The SMILES string of the molecule is CCC1CN(C(C)(C)C)CCC1Nc1nc(Nc2cc(C)n(C)n2)ncc1Cl. The van der Waals surface area contributed by atoms with Gasteiger partial charge in [0.2, 0.25) is 5.95 Å². The highest BCUT2D eigenvalue weighted by molar-refractivity contribution is 6.32. The Hall–Kier alpha value is -1.86. The second kappa shape index (κ2) is 8.25. The average Bonchev–Trinajstić information content (AvgIpc) is 2.94. The van der Waals surface area contributed by atoms with Gasteiger partial charge in [-0.1, -0.05) is 24.9 Å². The topological polar surface area (TPSA) is 70.9 Å². The van der Waals surface area contributed by atoms with Crippen molar-refractivity contribution < 1.29 is 0 Å². The first kappa shape index (κ1) is 20.9. The number of aryl methyl sites for hydroxylation is 2. The number of likely N-dealkylation sites (tertiary alicyclic amines) is 1. The molecule has 0 spiro atoms. The van der Waals surface area contributed by atoms with Crippen molar-refractivity contribution >= 4 is 29.2 Å². The second-order valence-electron chi connectivity index (χ2n) is 8.63. The van der Waals surface area contributed by atoms with Gasteiger partial charge in [0, 0.05) is 43.5 Å². The van der Waals surface area contributed by atoms with Crippen LogP contribution >= 0.6 is 11.6 Å². The molecule has 3 rings (SSSR count). The van der Waals surface area contributed by atoms with Gasteiger partial charge in [0.1, 0.15) is 5.02 Å². The highest BCUT2D eigenvalue weighted by Gasteiger charge is 2.33. The quantitative estimate of drug-likeness (QED) is 0.775. The lowest BCUT2D eigenvalue weighted by molar-refractivity contribution is 0.0711. The predicted octanol–water partition coefficient (Wildman–Crippen LogP) is 4.23. The van der Waals surface area contributed by atoms with Crippen LogP contribution in [0.15, 0.2) is 12.3 Å². The number of hydrogen-bond donors (Lipinski definition) is 2. The van der Waals surface area contributed by atoms with E-state index in [1.807, 2.05) is 24.7 Å². The zero-order valence-corrected chi connectivity index (χ0v) is 18.5. The summed E-state index contributed by atoms with van der Waals surface area (Å²) in [5.41, 5.74) is 1.26. The minimum Gasteiger partial charge on any atom is -0.366 e. The van der Waals surface area contributed by atoms with E-state index < -0.39 is 0 Å². The molecule has 2 atom stereocenters. The summed E-state index contributed by atoms with van der Waals surface area (Å²) in [7, 11) is 1.91. The van der Waals surface area contributed by atoms with Gasteiger partial charge < -0.3 is 10.6 Å². The van der Waals surface area contributed by atoms with Gasteiger partial charge in [-0.3, -0.25) is 9.58 Å². The minimum atomic E-state index is 0.197. The van der Waals surface area contributed by atoms with Crippen molar-refractivity contribution in [2.75, 3.05) is 23.7 Å². The van der Waals surface area contributed by atoms with E-state index in [4.69, 9.17) is 11.6 Å². The Balaban J connectivity index is 1.73. The number of nitrogens with zero attached hydrogens (tertiary/aromatic N) is 5. The van der Waals surface area contributed by atoms with Gasteiger partial charge in [0.05, 0.1) is 6.20 Å². The molecule has 2 unspecified atom stereocenters. The van der Waals surface area contributed by atoms with Crippen LogP contribution in [0.2, 0.25) is 5.02 Å². The van der Waals surface area contributed by atoms with Crippen LogP contribution in [0, 0.1) is 12.8 Å². The Bertz CT molecular complexity index is 792. The average molecular weight is 406 g/mol. The zero-order valence-electron chi connectivity index (χ0n) is 17.8. The lowest BCUT2D eigenvalue weighted by Gasteiger charge is -2.45. The Morgan fingerprint density at radius 2 is 2.07 bits per heavy atom. The molecule has 2 N–H and O–H groups in total. The standard InChI is InChI=1S/C20H32ClN7/c1-7-14-12-28(20(3,4)5)9-8-16(14)23-18-15(21)11-22-19(25-18)24-17-10-13(2)27(6)26-17/h10-11,14,16H,7-9,12H2,1-6H3,(H2,22,23,24,25,26). The predicted molar refractivity (Wildman–Crippen MR) is 115 cm³/mol. The molecule has 2 aromatic rings.